The molecule has 6 nitrogen and oxygen atoms in total. The Bertz CT molecular complexity index is 862. The highest BCUT2D eigenvalue weighted by Gasteiger charge is 2.46. The highest BCUT2D eigenvalue weighted by Crippen LogP contribution is 2.29. The van der Waals surface area contributed by atoms with Crippen molar-refractivity contribution in [2.24, 2.45) is 5.16 Å². The molecule has 0 bridgehead atoms. The summed E-state index contributed by atoms with van der Waals surface area (Å²) in [5.74, 6) is -1.89. The zero-order valence-corrected chi connectivity index (χ0v) is 14.6. The highest BCUT2D eigenvalue weighted by molar-refractivity contribution is 6.04. The fourth-order valence-electron chi connectivity index (χ4n) is 2.82. The van der Waals surface area contributed by atoms with Crippen molar-refractivity contribution < 1.29 is 19.5 Å². The predicted octanol–water partition coefficient (Wildman–Crippen LogP) is 1.67. The van der Waals surface area contributed by atoms with E-state index in [1.165, 1.54) is 0 Å². The SMILES string of the molecule is O=C([O-])C[C@]1(C(=O)NCc2ccccc2)CC(/C=C/c2ccccc2)=NO1. The van der Waals surface area contributed by atoms with Crippen molar-refractivity contribution >= 4 is 23.7 Å². The molecule has 3 rings (SSSR count). The number of oxime groups is 1. The quantitative estimate of drug-likeness (QED) is 0.810. The van der Waals surface area contributed by atoms with Crippen LogP contribution in [-0.4, -0.2) is 23.2 Å². The molecule has 0 saturated heterocycles. The summed E-state index contributed by atoms with van der Waals surface area (Å²) in [5, 5.41) is 17.8. The summed E-state index contributed by atoms with van der Waals surface area (Å²) in [4.78, 5) is 29.2. The molecule has 27 heavy (non-hydrogen) atoms. The predicted molar refractivity (Wildman–Crippen MR) is 99.3 cm³/mol. The average molecular weight is 363 g/mol. The molecule has 0 saturated carbocycles. The molecule has 2 aromatic carbocycles. The second kappa shape index (κ2) is 8.31. The van der Waals surface area contributed by atoms with Crippen molar-refractivity contribution in [3.05, 3.63) is 77.9 Å². The first-order valence-corrected chi connectivity index (χ1v) is 8.58. The molecular formula is C21H19N2O4-. The van der Waals surface area contributed by atoms with E-state index in [9.17, 15) is 14.7 Å². The van der Waals surface area contributed by atoms with Gasteiger partial charge in [0.25, 0.3) is 5.91 Å². The van der Waals surface area contributed by atoms with Gasteiger partial charge in [-0.2, -0.15) is 0 Å². The fourth-order valence-corrected chi connectivity index (χ4v) is 2.82. The third-order valence-corrected chi connectivity index (χ3v) is 4.21. The number of allylic oxidation sites excluding steroid dienone is 1. The normalized spacial score (nSPS) is 18.7. The van der Waals surface area contributed by atoms with Crippen molar-refractivity contribution in [3.8, 4) is 0 Å². The molecule has 1 heterocycles. The van der Waals surface area contributed by atoms with Gasteiger partial charge < -0.3 is 20.1 Å². The zero-order chi connectivity index (χ0) is 19.1. The standard InChI is InChI=1S/C21H20N2O4/c24-19(25)14-21(20(26)22-15-17-9-5-2-6-10-17)13-18(23-27-21)12-11-16-7-3-1-4-8-16/h1-12H,13-15H2,(H,22,26)(H,24,25)/p-1/b12-11+/t21-/m0/s1. The molecule has 1 amide bonds. The Morgan fingerprint density at radius 3 is 2.41 bits per heavy atom. The third kappa shape index (κ3) is 4.82. The topological polar surface area (TPSA) is 90.8 Å². The van der Waals surface area contributed by atoms with Gasteiger partial charge in [0.05, 0.1) is 5.71 Å². The number of nitrogens with one attached hydrogen (secondary N) is 1. The van der Waals surface area contributed by atoms with E-state index >= 15 is 0 Å². The van der Waals surface area contributed by atoms with E-state index in [1.54, 1.807) is 6.08 Å². The molecule has 138 valence electrons. The van der Waals surface area contributed by atoms with E-state index in [2.05, 4.69) is 10.5 Å². The number of nitrogens with zero attached hydrogens (tertiary/aromatic N) is 1. The van der Waals surface area contributed by atoms with Crippen LogP contribution in [0.1, 0.15) is 24.0 Å². The molecule has 1 atom stereocenters. The van der Waals surface area contributed by atoms with Crippen LogP contribution in [0, 0.1) is 0 Å². The van der Waals surface area contributed by atoms with E-state index in [0.717, 1.165) is 11.1 Å². The number of rotatable bonds is 7. The minimum atomic E-state index is -1.59. The number of carboxylic acid groups (broad SMARTS) is 1. The second-order valence-electron chi connectivity index (χ2n) is 6.31. The van der Waals surface area contributed by atoms with Gasteiger partial charge in [-0.25, -0.2) is 0 Å². The largest absolute Gasteiger partial charge is 0.550 e. The van der Waals surface area contributed by atoms with Gasteiger partial charge in [-0.05, 0) is 17.2 Å². The lowest BCUT2D eigenvalue weighted by molar-refractivity contribution is -0.309. The first kappa shape index (κ1) is 18.4. The first-order chi connectivity index (χ1) is 13.1. The molecule has 0 fully saturated rings. The van der Waals surface area contributed by atoms with E-state index in [0.29, 0.717) is 5.71 Å². The van der Waals surface area contributed by atoms with Crippen molar-refractivity contribution in [2.75, 3.05) is 0 Å². The van der Waals surface area contributed by atoms with Crippen LogP contribution in [0.15, 0.2) is 71.9 Å². The smallest absolute Gasteiger partial charge is 0.268 e. The number of amides is 1. The van der Waals surface area contributed by atoms with Crippen LogP contribution < -0.4 is 10.4 Å². The first-order valence-electron chi connectivity index (χ1n) is 8.58. The van der Waals surface area contributed by atoms with Crippen LogP contribution in [-0.2, 0) is 21.0 Å². The van der Waals surface area contributed by atoms with Crippen molar-refractivity contribution in [1.29, 1.82) is 0 Å². The van der Waals surface area contributed by atoms with Crippen molar-refractivity contribution in [2.45, 2.75) is 25.0 Å². The monoisotopic (exact) mass is 363 g/mol. The van der Waals surface area contributed by atoms with E-state index in [-0.39, 0.29) is 13.0 Å². The number of benzene rings is 2. The van der Waals surface area contributed by atoms with Crippen molar-refractivity contribution in [3.63, 3.8) is 0 Å². The van der Waals surface area contributed by atoms with Gasteiger partial charge in [0.15, 0.2) is 0 Å². The molecule has 6 heteroatoms. The van der Waals surface area contributed by atoms with Gasteiger partial charge in [-0.15, -0.1) is 0 Å². The number of aliphatic carboxylic acids is 1. The van der Waals surface area contributed by atoms with Gasteiger partial charge in [0.2, 0.25) is 5.60 Å². The van der Waals surface area contributed by atoms with Gasteiger partial charge >= 0.3 is 0 Å². The molecule has 1 N–H and O–H groups in total. The molecule has 0 unspecified atom stereocenters. The summed E-state index contributed by atoms with van der Waals surface area (Å²) < 4.78 is 0. The lowest BCUT2D eigenvalue weighted by atomic mass is 9.92. The molecule has 1 aliphatic heterocycles. The zero-order valence-electron chi connectivity index (χ0n) is 14.6. The summed E-state index contributed by atoms with van der Waals surface area (Å²) in [7, 11) is 0. The minimum Gasteiger partial charge on any atom is -0.550 e. The maximum atomic E-state index is 12.7. The molecular weight excluding hydrogens is 344 g/mol. The van der Waals surface area contributed by atoms with Crippen LogP contribution in [0.3, 0.4) is 0 Å². The Morgan fingerprint density at radius 2 is 1.74 bits per heavy atom. The van der Waals surface area contributed by atoms with Gasteiger partial charge in [-0.3, -0.25) is 4.79 Å². The van der Waals surface area contributed by atoms with Crippen LogP contribution >= 0.6 is 0 Å². The van der Waals surface area contributed by atoms with Crippen LogP contribution in [0.25, 0.3) is 6.08 Å². The van der Waals surface area contributed by atoms with Crippen LogP contribution in [0.4, 0.5) is 0 Å². The van der Waals surface area contributed by atoms with Crippen molar-refractivity contribution in [1.82, 2.24) is 5.32 Å². The number of hydrogen-bond acceptors (Lipinski definition) is 5. The molecule has 0 spiro atoms. The Labute approximate surface area is 157 Å². The Kier molecular flexibility index (Phi) is 5.66. The van der Waals surface area contributed by atoms with Crippen LogP contribution in [0.5, 0.6) is 0 Å². The highest BCUT2D eigenvalue weighted by atomic mass is 16.7. The summed E-state index contributed by atoms with van der Waals surface area (Å²) in [6, 6.07) is 18.9. The molecule has 0 aromatic heterocycles. The summed E-state index contributed by atoms with van der Waals surface area (Å²) in [6.45, 7) is 0.271. The van der Waals surface area contributed by atoms with Gasteiger partial charge in [0, 0.05) is 25.4 Å². The summed E-state index contributed by atoms with van der Waals surface area (Å²) in [6.07, 6.45) is 3.04. The Hall–Kier alpha value is -3.41. The Balaban J connectivity index is 1.68. The second-order valence-corrected chi connectivity index (χ2v) is 6.31. The molecule has 1 aliphatic rings. The number of carbonyl (C=O) groups excluding carboxylic acids is 2. The lowest BCUT2D eigenvalue weighted by Gasteiger charge is -2.25. The van der Waals surface area contributed by atoms with Gasteiger partial charge in [0.1, 0.15) is 0 Å². The Morgan fingerprint density at radius 1 is 1.07 bits per heavy atom. The molecule has 0 aliphatic carbocycles. The van der Waals surface area contributed by atoms with E-state index in [4.69, 9.17) is 4.84 Å². The fraction of sp³-hybridized carbons (Fsp3) is 0.190. The average Bonchev–Trinajstić information content (AvgIpc) is 3.09. The summed E-state index contributed by atoms with van der Waals surface area (Å²) >= 11 is 0. The summed E-state index contributed by atoms with van der Waals surface area (Å²) in [5.41, 5.74) is 0.767. The minimum absolute atomic E-state index is 0.0605. The van der Waals surface area contributed by atoms with Crippen LogP contribution in [0.2, 0.25) is 0 Å². The van der Waals surface area contributed by atoms with E-state index < -0.39 is 23.9 Å². The number of hydrogen-bond donors (Lipinski definition) is 1. The number of carbonyl (C=O) groups is 2. The maximum Gasteiger partial charge on any atom is 0.268 e. The lowest BCUT2D eigenvalue weighted by Crippen LogP contribution is -2.50. The molecule has 0 radical (unpaired) electrons. The molecule has 2 aromatic rings. The third-order valence-electron chi connectivity index (χ3n) is 4.21. The number of carboxylic acids is 1. The van der Waals surface area contributed by atoms with E-state index in [1.807, 2.05) is 66.7 Å². The maximum absolute atomic E-state index is 12.7. The van der Waals surface area contributed by atoms with Gasteiger partial charge in [-0.1, -0.05) is 71.9 Å².